The van der Waals surface area contributed by atoms with E-state index in [1.165, 1.54) is 0 Å². The van der Waals surface area contributed by atoms with Crippen molar-refractivity contribution >= 4 is 23.2 Å². The third-order valence-electron chi connectivity index (χ3n) is 5.97. The summed E-state index contributed by atoms with van der Waals surface area (Å²) in [7, 11) is 1.64. The molecule has 2 aliphatic rings. The fraction of sp³-hybridized carbons (Fsp3) is 0.545. The Labute approximate surface area is 187 Å². The lowest BCUT2D eigenvalue weighted by Gasteiger charge is -2.22. The summed E-state index contributed by atoms with van der Waals surface area (Å²) in [6, 6.07) is 1.83. The van der Waals surface area contributed by atoms with Gasteiger partial charge in [0, 0.05) is 63.8 Å². The molecule has 8 nitrogen and oxygen atoms in total. The van der Waals surface area contributed by atoms with E-state index in [4.69, 9.17) is 21.1 Å². The van der Waals surface area contributed by atoms with Crippen molar-refractivity contribution in [1.29, 1.82) is 0 Å². The zero-order valence-electron chi connectivity index (χ0n) is 17.6. The molecule has 0 unspecified atom stereocenters. The van der Waals surface area contributed by atoms with Crippen LogP contribution < -0.4 is 10.6 Å². The number of hydrogen-bond acceptors (Lipinski definition) is 8. The number of aromatic nitrogens is 3. The normalized spacial score (nSPS) is 21.9. The highest BCUT2D eigenvalue weighted by atomic mass is 35.5. The van der Waals surface area contributed by atoms with E-state index in [2.05, 4.69) is 25.6 Å². The van der Waals surface area contributed by atoms with Crippen LogP contribution in [0, 0.1) is 11.8 Å². The first kappa shape index (κ1) is 22.1. The monoisotopic (exact) mass is 445 g/mol. The molecule has 2 fully saturated rings. The van der Waals surface area contributed by atoms with Crippen molar-refractivity contribution in [2.75, 3.05) is 45.3 Å². The first-order valence-electron chi connectivity index (χ1n) is 10.7. The van der Waals surface area contributed by atoms with Gasteiger partial charge in [0.1, 0.15) is 11.6 Å². The Balaban J connectivity index is 1.46. The Hall–Kier alpha value is -2.13. The molecule has 2 atom stereocenters. The van der Waals surface area contributed by atoms with Gasteiger partial charge in [-0.15, -0.1) is 0 Å². The SMILES string of the molecule is CO[C@H]1CNC[C@@H]1C(=O)Cc1cc(-c2cncc(NCC3CCOCC3)n2)c(Cl)cn1. The molecule has 0 spiro atoms. The molecule has 0 bridgehead atoms. The number of halogens is 1. The molecule has 0 amide bonds. The average Bonchev–Trinajstić information content (AvgIpc) is 3.29. The number of rotatable bonds is 8. The minimum atomic E-state index is -0.163. The maximum Gasteiger partial charge on any atom is 0.145 e. The summed E-state index contributed by atoms with van der Waals surface area (Å²) in [6.07, 6.45) is 7.19. The molecule has 166 valence electrons. The summed E-state index contributed by atoms with van der Waals surface area (Å²) in [6.45, 7) is 3.78. The van der Waals surface area contributed by atoms with Gasteiger partial charge in [-0.2, -0.15) is 0 Å². The van der Waals surface area contributed by atoms with Crippen LogP contribution in [0.15, 0.2) is 24.7 Å². The molecular weight excluding hydrogens is 418 g/mol. The zero-order chi connectivity index (χ0) is 21.6. The maximum atomic E-state index is 12.8. The molecule has 2 saturated heterocycles. The number of carbonyl (C=O) groups is 1. The lowest BCUT2D eigenvalue weighted by Crippen LogP contribution is -2.29. The predicted octanol–water partition coefficient (Wildman–Crippen LogP) is 2.38. The highest BCUT2D eigenvalue weighted by Crippen LogP contribution is 2.28. The molecule has 0 radical (unpaired) electrons. The van der Waals surface area contributed by atoms with Crippen molar-refractivity contribution in [3.63, 3.8) is 0 Å². The molecule has 2 aliphatic heterocycles. The second-order valence-corrected chi connectivity index (χ2v) is 8.47. The predicted molar refractivity (Wildman–Crippen MR) is 118 cm³/mol. The number of ketones is 1. The number of anilines is 1. The highest BCUT2D eigenvalue weighted by Gasteiger charge is 2.32. The molecule has 2 N–H and O–H groups in total. The smallest absolute Gasteiger partial charge is 0.145 e. The van der Waals surface area contributed by atoms with E-state index in [1.807, 2.05) is 6.07 Å². The number of methoxy groups -OCH3 is 1. The molecule has 31 heavy (non-hydrogen) atoms. The van der Waals surface area contributed by atoms with Crippen molar-refractivity contribution in [1.82, 2.24) is 20.3 Å². The van der Waals surface area contributed by atoms with Crippen LogP contribution in [0.3, 0.4) is 0 Å². The van der Waals surface area contributed by atoms with Gasteiger partial charge in [-0.05, 0) is 24.8 Å². The maximum absolute atomic E-state index is 12.8. The number of nitrogens with one attached hydrogen (secondary N) is 2. The first-order chi connectivity index (χ1) is 15.1. The van der Waals surface area contributed by atoms with Gasteiger partial charge < -0.3 is 20.1 Å². The van der Waals surface area contributed by atoms with Gasteiger partial charge in [0.05, 0.1) is 35.1 Å². The summed E-state index contributed by atoms with van der Waals surface area (Å²) in [5.74, 6) is 1.22. The summed E-state index contributed by atoms with van der Waals surface area (Å²) in [5, 5.41) is 7.06. The third kappa shape index (κ3) is 5.57. The van der Waals surface area contributed by atoms with Gasteiger partial charge in [0.25, 0.3) is 0 Å². The summed E-state index contributed by atoms with van der Waals surface area (Å²) < 4.78 is 10.8. The fourth-order valence-corrected chi connectivity index (χ4v) is 4.29. The standard InChI is InChI=1S/C22H28ClN5O3/c1-30-21-12-24-9-17(21)20(29)7-15-6-16(18(23)10-26-15)19-11-25-13-22(28-19)27-8-14-2-4-31-5-3-14/h6,10-11,13-14,17,21,24H,2-5,7-9,12H2,1H3,(H,27,28)/t17-,21+/m1/s1. The number of carbonyl (C=O) groups excluding carboxylic acids is 1. The lowest BCUT2D eigenvalue weighted by atomic mass is 9.96. The number of Topliss-reactive ketones (excluding diaryl/α,β-unsaturated/α-hetero) is 1. The fourth-order valence-electron chi connectivity index (χ4n) is 4.09. The second-order valence-electron chi connectivity index (χ2n) is 8.06. The number of nitrogens with zero attached hydrogens (tertiary/aromatic N) is 3. The Morgan fingerprint density at radius 1 is 1.29 bits per heavy atom. The Morgan fingerprint density at radius 3 is 2.94 bits per heavy atom. The molecule has 4 heterocycles. The van der Waals surface area contributed by atoms with Crippen LogP contribution in [-0.4, -0.2) is 66.8 Å². The van der Waals surface area contributed by atoms with E-state index in [0.717, 1.165) is 38.2 Å². The molecule has 2 aromatic rings. The van der Waals surface area contributed by atoms with Gasteiger partial charge >= 0.3 is 0 Å². The van der Waals surface area contributed by atoms with E-state index < -0.39 is 0 Å². The van der Waals surface area contributed by atoms with Crippen LogP contribution in [0.5, 0.6) is 0 Å². The van der Waals surface area contributed by atoms with Crippen LogP contribution in [0.25, 0.3) is 11.3 Å². The number of hydrogen-bond donors (Lipinski definition) is 2. The van der Waals surface area contributed by atoms with Crippen LogP contribution in [-0.2, 0) is 20.7 Å². The minimum absolute atomic E-state index is 0.0939. The van der Waals surface area contributed by atoms with Crippen molar-refractivity contribution in [3.8, 4) is 11.3 Å². The van der Waals surface area contributed by atoms with Gasteiger partial charge in [-0.1, -0.05) is 11.6 Å². The molecule has 2 aromatic heterocycles. The Kier molecular flexibility index (Phi) is 7.45. The molecule has 0 saturated carbocycles. The quantitative estimate of drug-likeness (QED) is 0.639. The van der Waals surface area contributed by atoms with Crippen LogP contribution in [0.1, 0.15) is 18.5 Å². The molecular formula is C22H28ClN5O3. The van der Waals surface area contributed by atoms with Crippen molar-refractivity contribution in [3.05, 3.63) is 35.4 Å². The zero-order valence-corrected chi connectivity index (χ0v) is 18.4. The van der Waals surface area contributed by atoms with E-state index in [9.17, 15) is 4.79 Å². The van der Waals surface area contributed by atoms with Gasteiger partial charge in [-0.25, -0.2) is 4.98 Å². The van der Waals surface area contributed by atoms with Crippen LogP contribution in [0.4, 0.5) is 5.82 Å². The van der Waals surface area contributed by atoms with Gasteiger partial charge in [-0.3, -0.25) is 14.8 Å². The van der Waals surface area contributed by atoms with Crippen molar-refractivity contribution in [2.45, 2.75) is 25.4 Å². The van der Waals surface area contributed by atoms with E-state index in [1.54, 1.807) is 25.7 Å². The second kappa shape index (κ2) is 10.5. The van der Waals surface area contributed by atoms with E-state index in [0.29, 0.717) is 41.2 Å². The number of ether oxygens (including phenoxy) is 2. The van der Waals surface area contributed by atoms with Gasteiger partial charge in [0.15, 0.2) is 0 Å². The Morgan fingerprint density at radius 2 is 2.13 bits per heavy atom. The highest BCUT2D eigenvalue weighted by molar-refractivity contribution is 6.33. The molecule has 0 aliphatic carbocycles. The van der Waals surface area contributed by atoms with Crippen molar-refractivity contribution < 1.29 is 14.3 Å². The summed E-state index contributed by atoms with van der Waals surface area (Å²) in [5.41, 5.74) is 2.03. The molecule has 9 heteroatoms. The minimum Gasteiger partial charge on any atom is -0.381 e. The number of pyridine rings is 1. The summed E-state index contributed by atoms with van der Waals surface area (Å²) in [4.78, 5) is 26.1. The Bertz CT molecular complexity index is 906. The molecule has 0 aromatic carbocycles. The van der Waals surface area contributed by atoms with E-state index >= 15 is 0 Å². The van der Waals surface area contributed by atoms with Crippen molar-refractivity contribution in [2.24, 2.45) is 11.8 Å². The largest absolute Gasteiger partial charge is 0.381 e. The van der Waals surface area contributed by atoms with Gasteiger partial charge in [0.2, 0.25) is 0 Å². The van der Waals surface area contributed by atoms with E-state index in [-0.39, 0.29) is 24.2 Å². The average molecular weight is 446 g/mol. The van der Waals surface area contributed by atoms with Crippen LogP contribution in [0.2, 0.25) is 5.02 Å². The third-order valence-corrected chi connectivity index (χ3v) is 6.27. The lowest BCUT2D eigenvalue weighted by molar-refractivity contribution is -0.124. The molecule has 4 rings (SSSR count). The summed E-state index contributed by atoms with van der Waals surface area (Å²) >= 11 is 6.41. The van der Waals surface area contributed by atoms with Crippen LogP contribution >= 0.6 is 11.6 Å². The topological polar surface area (TPSA) is 98.3 Å². The first-order valence-corrected chi connectivity index (χ1v) is 11.1.